The van der Waals surface area contributed by atoms with Crippen LogP contribution in [0.2, 0.25) is 0 Å². The van der Waals surface area contributed by atoms with Gasteiger partial charge in [-0.05, 0) is 29.8 Å². The second kappa shape index (κ2) is 9.80. The molecule has 0 aliphatic carbocycles. The predicted molar refractivity (Wildman–Crippen MR) is 122 cm³/mol. The number of anilines is 1. The fourth-order valence-corrected chi connectivity index (χ4v) is 3.83. The number of hydrogen-bond acceptors (Lipinski definition) is 6. The summed E-state index contributed by atoms with van der Waals surface area (Å²) in [5.41, 5.74) is 1.70. The van der Waals surface area contributed by atoms with Crippen LogP contribution in [0.15, 0.2) is 103 Å². The highest BCUT2D eigenvalue weighted by molar-refractivity contribution is 5.49. The van der Waals surface area contributed by atoms with E-state index in [1.165, 1.54) is 6.07 Å². The molecule has 0 saturated heterocycles. The average Bonchev–Trinajstić information content (AvgIpc) is 2.85. The van der Waals surface area contributed by atoms with Crippen LogP contribution in [0.25, 0.3) is 0 Å². The SMILES string of the molecule is O=[N+]([O-])c1ccccc1[C@@H](Nc1ccccn1)[C@H](c1ccccn1)[C@H](O)c1ccccc1. The molecule has 0 aliphatic rings. The molecular weight excluding hydrogens is 404 g/mol. The Labute approximate surface area is 185 Å². The molecule has 0 spiro atoms. The molecule has 7 heteroatoms. The lowest BCUT2D eigenvalue weighted by Crippen LogP contribution is -2.26. The Hall–Kier alpha value is -4.10. The van der Waals surface area contributed by atoms with E-state index < -0.39 is 23.0 Å². The maximum atomic E-state index is 11.9. The highest BCUT2D eigenvalue weighted by atomic mass is 16.6. The van der Waals surface area contributed by atoms with Gasteiger partial charge in [0.15, 0.2) is 0 Å². The molecule has 160 valence electrons. The van der Waals surface area contributed by atoms with Crippen molar-refractivity contribution in [2.75, 3.05) is 5.32 Å². The third kappa shape index (κ3) is 4.63. The summed E-state index contributed by atoms with van der Waals surface area (Å²) in [6, 6.07) is 25.9. The number of hydrogen-bond donors (Lipinski definition) is 2. The van der Waals surface area contributed by atoms with Gasteiger partial charge in [0.2, 0.25) is 0 Å². The first-order chi connectivity index (χ1) is 15.6. The number of aromatic nitrogens is 2. The van der Waals surface area contributed by atoms with Crippen LogP contribution in [-0.4, -0.2) is 20.0 Å². The number of aliphatic hydroxyl groups excluding tert-OH is 1. The van der Waals surface area contributed by atoms with Crippen molar-refractivity contribution < 1.29 is 10.0 Å². The molecule has 2 N–H and O–H groups in total. The Morgan fingerprint density at radius 2 is 1.47 bits per heavy atom. The lowest BCUT2D eigenvalue weighted by molar-refractivity contribution is -0.385. The maximum absolute atomic E-state index is 11.9. The molecule has 7 nitrogen and oxygen atoms in total. The quantitative estimate of drug-likeness (QED) is 0.302. The van der Waals surface area contributed by atoms with E-state index in [9.17, 15) is 15.2 Å². The smallest absolute Gasteiger partial charge is 0.274 e. The highest BCUT2D eigenvalue weighted by Crippen LogP contribution is 2.44. The lowest BCUT2D eigenvalue weighted by atomic mass is 9.82. The van der Waals surface area contributed by atoms with Crippen LogP contribution < -0.4 is 5.32 Å². The fraction of sp³-hybridized carbons (Fsp3) is 0.120. The fourth-order valence-electron chi connectivity index (χ4n) is 3.83. The molecule has 2 heterocycles. The molecule has 0 saturated carbocycles. The summed E-state index contributed by atoms with van der Waals surface area (Å²) in [5, 5.41) is 26.7. The van der Waals surface area contributed by atoms with Crippen LogP contribution in [0.4, 0.5) is 11.5 Å². The second-order valence-electron chi connectivity index (χ2n) is 7.29. The van der Waals surface area contributed by atoms with Gasteiger partial charge < -0.3 is 10.4 Å². The van der Waals surface area contributed by atoms with Gasteiger partial charge in [-0.2, -0.15) is 0 Å². The lowest BCUT2D eigenvalue weighted by Gasteiger charge is -2.32. The van der Waals surface area contributed by atoms with Crippen molar-refractivity contribution in [1.82, 2.24) is 9.97 Å². The summed E-state index contributed by atoms with van der Waals surface area (Å²) in [4.78, 5) is 20.3. The van der Waals surface area contributed by atoms with E-state index in [1.807, 2.05) is 48.5 Å². The zero-order valence-corrected chi connectivity index (χ0v) is 17.2. The number of nitrogens with one attached hydrogen (secondary N) is 1. The van der Waals surface area contributed by atoms with E-state index in [1.54, 1.807) is 48.8 Å². The van der Waals surface area contributed by atoms with Crippen LogP contribution in [0.3, 0.4) is 0 Å². The first-order valence-electron chi connectivity index (χ1n) is 10.2. The Morgan fingerprint density at radius 3 is 2.12 bits per heavy atom. The second-order valence-corrected chi connectivity index (χ2v) is 7.29. The van der Waals surface area contributed by atoms with Gasteiger partial charge in [0.05, 0.1) is 28.6 Å². The minimum atomic E-state index is -0.980. The number of nitro groups is 1. The van der Waals surface area contributed by atoms with Gasteiger partial charge in [-0.15, -0.1) is 0 Å². The molecule has 32 heavy (non-hydrogen) atoms. The topological polar surface area (TPSA) is 101 Å². The molecule has 2 aromatic carbocycles. The molecule has 0 unspecified atom stereocenters. The first kappa shape index (κ1) is 21.1. The van der Waals surface area contributed by atoms with Gasteiger partial charge >= 0.3 is 0 Å². The molecule has 3 atom stereocenters. The number of nitrogens with zero attached hydrogens (tertiary/aromatic N) is 3. The van der Waals surface area contributed by atoms with E-state index in [2.05, 4.69) is 15.3 Å². The number of nitro benzene ring substituents is 1. The summed E-state index contributed by atoms with van der Waals surface area (Å²) in [6.07, 6.45) is 2.31. The van der Waals surface area contributed by atoms with Crippen molar-refractivity contribution in [3.8, 4) is 0 Å². The number of benzene rings is 2. The Bertz CT molecular complexity index is 1160. The maximum Gasteiger partial charge on any atom is 0.274 e. The third-order valence-corrected chi connectivity index (χ3v) is 5.31. The van der Waals surface area contributed by atoms with Gasteiger partial charge in [-0.25, -0.2) is 4.98 Å². The van der Waals surface area contributed by atoms with E-state index >= 15 is 0 Å². The number of aliphatic hydroxyl groups is 1. The molecule has 0 amide bonds. The van der Waals surface area contributed by atoms with Crippen LogP contribution in [0.1, 0.15) is 34.9 Å². The largest absolute Gasteiger partial charge is 0.388 e. The molecule has 0 radical (unpaired) electrons. The van der Waals surface area contributed by atoms with Crippen LogP contribution >= 0.6 is 0 Å². The van der Waals surface area contributed by atoms with Crippen LogP contribution in [0.5, 0.6) is 0 Å². The summed E-state index contributed by atoms with van der Waals surface area (Å²) in [6.45, 7) is 0. The van der Waals surface area contributed by atoms with E-state index in [-0.39, 0.29) is 5.69 Å². The molecule has 4 rings (SSSR count). The predicted octanol–water partition coefficient (Wildman–Crippen LogP) is 5.06. The minimum Gasteiger partial charge on any atom is -0.388 e. The summed E-state index contributed by atoms with van der Waals surface area (Å²) < 4.78 is 0. The van der Waals surface area contributed by atoms with E-state index in [4.69, 9.17) is 0 Å². The van der Waals surface area contributed by atoms with Crippen molar-refractivity contribution >= 4 is 11.5 Å². The monoisotopic (exact) mass is 426 g/mol. The van der Waals surface area contributed by atoms with E-state index in [0.717, 1.165) is 0 Å². The van der Waals surface area contributed by atoms with Gasteiger partial charge in [0.25, 0.3) is 5.69 Å². The number of para-hydroxylation sites is 1. The van der Waals surface area contributed by atoms with Gasteiger partial charge in [-0.3, -0.25) is 15.1 Å². The Balaban J connectivity index is 1.89. The van der Waals surface area contributed by atoms with Crippen molar-refractivity contribution in [3.63, 3.8) is 0 Å². The zero-order valence-electron chi connectivity index (χ0n) is 17.2. The number of pyridine rings is 2. The molecule has 0 fully saturated rings. The molecular formula is C25H22N4O3. The molecule has 0 aliphatic heterocycles. The Kier molecular flexibility index (Phi) is 6.48. The van der Waals surface area contributed by atoms with Crippen molar-refractivity contribution in [2.45, 2.75) is 18.1 Å². The first-order valence-corrected chi connectivity index (χ1v) is 10.2. The third-order valence-electron chi connectivity index (χ3n) is 5.31. The van der Waals surface area contributed by atoms with Crippen LogP contribution in [-0.2, 0) is 0 Å². The van der Waals surface area contributed by atoms with Crippen LogP contribution in [0, 0.1) is 10.1 Å². The van der Waals surface area contributed by atoms with Crippen molar-refractivity contribution in [2.24, 2.45) is 0 Å². The summed E-state index contributed by atoms with van der Waals surface area (Å²) in [5.74, 6) is -0.0986. The minimum absolute atomic E-state index is 0.0397. The normalized spacial score (nSPS) is 13.7. The van der Waals surface area contributed by atoms with Crippen molar-refractivity contribution in [3.05, 3.63) is 130 Å². The molecule has 4 aromatic rings. The molecule has 2 aromatic heterocycles. The zero-order chi connectivity index (χ0) is 22.3. The average molecular weight is 426 g/mol. The number of rotatable bonds is 8. The summed E-state index contributed by atoms with van der Waals surface area (Å²) in [7, 11) is 0. The Morgan fingerprint density at radius 1 is 0.812 bits per heavy atom. The van der Waals surface area contributed by atoms with Gasteiger partial charge in [0, 0.05) is 24.2 Å². The highest BCUT2D eigenvalue weighted by Gasteiger charge is 2.36. The van der Waals surface area contributed by atoms with Crippen molar-refractivity contribution in [1.29, 1.82) is 0 Å². The molecule has 0 bridgehead atoms. The van der Waals surface area contributed by atoms with Gasteiger partial charge in [0.1, 0.15) is 5.82 Å². The summed E-state index contributed by atoms with van der Waals surface area (Å²) >= 11 is 0. The van der Waals surface area contributed by atoms with Gasteiger partial charge in [-0.1, -0.05) is 60.7 Å². The van der Waals surface area contributed by atoms with E-state index in [0.29, 0.717) is 22.6 Å². The standard InChI is InChI=1S/C25H22N4O3/c30-25(18-10-2-1-3-11-18)23(20-13-6-8-16-26-20)24(28-22-15-7-9-17-27-22)19-12-4-5-14-21(19)29(31)32/h1-17,23-25,30H,(H,27,28)/t23-,24+,25+/m0/s1.